The van der Waals surface area contributed by atoms with E-state index < -0.39 is 0 Å². The lowest BCUT2D eigenvalue weighted by molar-refractivity contribution is -0.128. The molecule has 0 aliphatic carbocycles. The third-order valence-electron chi connectivity index (χ3n) is 6.57. The average molecular weight is 402 g/mol. The van der Waals surface area contributed by atoms with Crippen LogP contribution in [0, 0.1) is 11.8 Å². The van der Waals surface area contributed by atoms with Crippen molar-refractivity contribution >= 4 is 5.91 Å². The minimum absolute atomic E-state index is 0.0369. The number of hydrogen-bond acceptors (Lipinski definition) is 5. The van der Waals surface area contributed by atoms with Gasteiger partial charge in [-0.15, -0.1) is 0 Å². The molecule has 0 aromatic heterocycles. The second kappa shape index (κ2) is 9.92. The number of aromatic hydroxyl groups is 1. The Morgan fingerprint density at radius 1 is 1.10 bits per heavy atom. The van der Waals surface area contributed by atoms with Crippen LogP contribution in [0.1, 0.15) is 37.7 Å². The van der Waals surface area contributed by atoms with Gasteiger partial charge in [0.2, 0.25) is 5.91 Å². The van der Waals surface area contributed by atoms with E-state index in [-0.39, 0.29) is 17.9 Å². The van der Waals surface area contributed by atoms with Crippen molar-refractivity contribution in [1.29, 1.82) is 0 Å². The number of piperidine rings is 1. The van der Waals surface area contributed by atoms with E-state index in [4.69, 9.17) is 4.74 Å². The number of ether oxygens (including phenoxy) is 1. The zero-order valence-electron chi connectivity index (χ0n) is 17.4. The molecule has 0 spiro atoms. The van der Waals surface area contributed by atoms with Gasteiger partial charge in [0.05, 0.1) is 12.0 Å². The first kappa shape index (κ1) is 20.6. The number of rotatable bonds is 7. The van der Waals surface area contributed by atoms with Crippen molar-refractivity contribution in [1.82, 2.24) is 15.1 Å². The molecular formula is C23H35N3O3. The normalized spacial score (nSPS) is 28.6. The van der Waals surface area contributed by atoms with E-state index in [2.05, 4.69) is 15.1 Å². The number of benzene rings is 1. The molecule has 1 amide bonds. The summed E-state index contributed by atoms with van der Waals surface area (Å²) in [5.41, 5.74) is 1.18. The Morgan fingerprint density at radius 3 is 2.62 bits per heavy atom. The SMILES string of the molecule is O=C(NC[C@H]1CCCO1)[C@@H]1C[C@H](CN2CCCC2)CN(Cc2ccc(O)cc2)C1. The molecule has 0 radical (unpaired) electrons. The van der Waals surface area contributed by atoms with Gasteiger partial charge < -0.3 is 20.1 Å². The molecule has 1 aromatic carbocycles. The molecule has 0 unspecified atom stereocenters. The van der Waals surface area contributed by atoms with Gasteiger partial charge in [-0.3, -0.25) is 9.69 Å². The maximum Gasteiger partial charge on any atom is 0.224 e. The highest BCUT2D eigenvalue weighted by molar-refractivity contribution is 5.79. The van der Waals surface area contributed by atoms with Crippen molar-refractivity contribution in [3.05, 3.63) is 29.8 Å². The third-order valence-corrected chi connectivity index (χ3v) is 6.57. The molecule has 3 fully saturated rings. The van der Waals surface area contributed by atoms with Gasteiger partial charge in [-0.1, -0.05) is 12.1 Å². The van der Waals surface area contributed by atoms with E-state index in [0.717, 1.165) is 52.0 Å². The fraction of sp³-hybridized carbons (Fsp3) is 0.696. The van der Waals surface area contributed by atoms with E-state index in [0.29, 0.717) is 18.2 Å². The van der Waals surface area contributed by atoms with E-state index in [1.807, 2.05) is 12.1 Å². The van der Waals surface area contributed by atoms with Crippen LogP contribution in [-0.4, -0.2) is 72.8 Å². The highest BCUT2D eigenvalue weighted by Crippen LogP contribution is 2.26. The number of hydrogen-bond donors (Lipinski definition) is 2. The van der Waals surface area contributed by atoms with Crippen LogP contribution in [0.3, 0.4) is 0 Å². The van der Waals surface area contributed by atoms with Gasteiger partial charge in [0.15, 0.2) is 0 Å². The molecular weight excluding hydrogens is 366 g/mol. The fourth-order valence-electron chi connectivity index (χ4n) is 5.11. The molecule has 3 aliphatic rings. The quantitative estimate of drug-likeness (QED) is 0.734. The van der Waals surface area contributed by atoms with Crippen LogP contribution < -0.4 is 5.32 Å². The minimum Gasteiger partial charge on any atom is -0.508 e. The summed E-state index contributed by atoms with van der Waals surface area (Å²) >= 11 is 0. The van der Waals surface area contributed by atoms with Crippen molar-refractivity contribution in [2.24, 2.45) is 11.8 Å². The van der Waals surface area contributed by atoms with Crippen LogP contribution in [0.5, 0.6) is 5.75 Å². The maximum atomic E-state index is 12.9. The molecule has 2 N–H and O–H groups in total. The summed E-state index contributed by atoms with van der Waals surface area (Å²) < 4.78 is 5.66. The van der Waals surface area contributed by atoms with Crippen molar-refractivity contribution in [2.75, 3.05) is 45.9 Å². The van der Waals surface area contributed by atoms with E-state index >= 15 is 0 Å². The van der Waals surface area contributed by atoms with Crippen LogP contribution in [0.2, 0.25) is 0 Å². The summed E-state index contributed by atoms with van der Waals surface area (Å²) in [5.74, 6) is 1.04. The fourth-order valence-corrected chi connectivity index (χ4v) is 5.11. The summed E-state index contributed by atoms with van der Waals surface area (Å²) in [6, 6.07) is 7.44. The summed E-state index contributed by atoms with van der Waals surface area (Å²) in [5, 5.41) is 12.7. The molecule has 4 rings (SSSR count). The Labute approximate surface area is 174 Å². The number of carbonyl (C=O) groups is 1. The zero-order valence-corrected chi connectivity index (χ0v) is 17.4. The van der Waals surface area contributed by atoms with Gasteiger partial charge in [-0.2, -0.15) is 0 Å². The second-order valence-corrected chi connectivity index (χ2v) is 9.05. The predicted molar refractivity (Wildman–Crippen MR) is 113 cm³/mol. The minimum atomic E-state index is 0.0369. The second-order valence-electron chi connectivity index (χ2n) is 9.05. The number of amides is 1. The topological polar surface area (TPSA) is 65.0 Å². The Hall–Kier alpha value is -1.63. The van der Waals surface area contributed by atoms with Crippen molar-refractivity contribution in [3.63, 3.8) is 0 Å². The standard InChI is InChI=1S/C23H35N3O3/c27-21-7-5-18(6-8-21)14-26-16-19(15-25-9-1-2-10-25)12-20(17-26)23(28)24-13-22-4-3-11-29-22/h5-8,19-20,22,27H,1-4,9-17H2,(H,24,28)/t19-,20-,22-/m1/s1. The molecule has 3 heterocycles. The molecule has 0 bridgehead atoms. The number of phenolic OH excluding ortho intramolecular Hbond substituents is 1. The van der Waals surface area contributed by atoms with Crippen LogP contribution in [-0.2, 0) is 16.1 Å². The summed E-state index contributed by atoms with van der Waals surface area (Å²) in [6.45, 7) is 7.62. The van der Waals surface area contributed by atoms with Crippen LogP contribution in [0.25, 0.3) is 0 Å². The van der Waals surface area contributed by atoms with E-state index in [9.17, 15) is 9.90 Å². The Kier molecular flexibility index (Phi) is 7.06. The number of nitrogens with one attached hydrogen (secondary N) is 1. The lowest BCUT2D eigenvalue weighted by Gasteiger charge is -2.38. The highest BCUT2D eigenvalue weighted by atomic mass is 16.5. The van der Waals surface area contributed by atoms with Gasteiger partial charge in [-0.25, -0.2) is 0 Å². The molecule has 6 nitrogen and oxygen atoms in total. The summed E-state index contributed by atoms with van der Waals surface area (Å²) in [7, 11) is 0. The number of nitrogens with zero attached hydrogens (tertiary/aromatic N) is 2. The molecule has 160 valence electrons. The first-order valence-corrected chi connectivity index (χ1v) is 11.3. The maximum absolute atomic E-state index is 12.9. The number of carbonyl (C=O) groups excluding carboxylic acids is 1. The third kappa shape index (κ3) is 5.93. The van der Waals surface area contributed by atoms with Crippen molar-refractivity contribution in [2.45, 2.75) is 44.8 Å². The molecule has 1 aromatic rings. The summed E-state index contributed by atoms with van der Waals surface area (Å²) in [6.07, 6.45) is 5.92. The number of phenols is 1. The molecule has 6 heteroatoms. The summed E-state index contributed by atoms with van der Waals surface area (Å²) in [4.78, 5) is 17.9. The molecule has 3 aliphatic heterocycles. The van der Waals surface area contributed by atoms with Gasteiger partial charge in [0.25, 0.3) is 0 Å². The zero-order chi connectivity index (χ0) is 20.1. The first-order chi connectivity index (χ1) is 14.2. The van der Waals surface area contributed by atoms with Crippen LogP contribution in [0.4, 0.5) is 0 Å². The van der Waals surface area contributed by atoms with Gasteiger partial charge >= 0.3 is 0 Å². The number of likely N-dealkylation sites (tertiary alicyclic amines) is 2. The van der Waals surface area contributed by atoms with Gasteiger partial charge in [-0.05, 0) is 68.8 Å². The lowest BCUT2D eigenvalue weighted by Crippen LogP contribution is -2.49. The Morgan fingerprint density at radius 2 is 1.90 bits per heavy atom. The van der Waals surface area contributed by atoms with Crippen molar-refractivity contribution in [3.8, 4) is 5.75 Å². The van der Waals surface area contributed by atoms with Gasteiger partial charge in [0.1, 0.15) is 5.75 Å². The smallest absolute Gasteiger partial charge is 0.224 e. The average Bonchev–Trinajstić information content (AvgIpc) is 3.42. The largest absolute Gasteiger partial charge is 0.508 e. The molecule has 3 saturated heterocycles. The Balaban J connectivity index is 1.37. The highest BCUT2D eigenvalue weighted by Gasteiger charge is 2.33. The predicted octanol–water partition coefficient (Wildman–Crippen LogP) is 2.22. The van der Waals surface area contributed by atoms with E-state index in [1.165, 1.54) is 31.5 Å². The van der Waals surface area contributed by atoms with E-state index in [1.54, 1.807) is 12.1 Å². The first-order valence-electron chi connectivity index (χ1n) is 11.3. The lowest BCUT2D eigenvalue weighted by atomic mass is 9.87. The molecule has 0 saturated carbocycles. The molecule has 3 atom stereocenters. The molecule has 29 heavy (non-hydrogen) atoms. The Bertz CT molecular complexity index is 654. The van der Waals surface area contributed by atoms with Crippen LogP contribution >= 0.6 is 0 Å². The van der Waals surface area contributed by atoms with Crippen molar-refractivity contribution < 1.29 is 14.6 Å². The van der Waals surface area contributed by atoms with Gasteiger partial charge in [0, 0.05) is 39.3 Å². The monoisotopic (exact) mass is 401 g/mol. The van der Waals surface area contributed by atoms with Crippen LogP contribution in [0.15, 0.2) is 24.3 Å².